The van der Waals surface area contributed by atoms with Gasteiger partial charge in [-0.3, -0.25) is 4.90 Å². The Morgan fingerprint density at radius 2 is 1.51 bits per heavy atom. The van der Waals surface area contributed by atoms with Crippen molar-refractivity contribution in [1.82, 2.24) is 14.5 Å². The van der Waals surface area contributed by atoms with Gasteiger partial charge in [-0.25, -0.2) is 4.98 Å². The minimum Gasteiger partial charge on any atom is -0.497 e. The Morgan fingerprint density at radius 1 is 0.800 bits per heavy atom. The van der Waals surface area contributed by atoms with E-state index >= 15 is 0 Å². The van der Waals surface area contributed by atoms with Crippen molar-refractivity contribution in [2.75, 3.05) is 13.7 Å². The molecule has 182 valence electrons. The fraction of sp³-hybridized carbons (Fsp3) is 0.323. The molecule has 35 heavy (non-hydrogen) atoms. The molecule has 0 aliphatic carbocycles. The molecule has 0 fully saturated rings. The molecule has 0 saturated heterocycles. The quantitative estimate of drug-likeness (QED) is 0.217. The van der Waals surface area contributed by atoms with Gasteiger partial charge in [0.25, 0.3) is 0 Å². The number of ether oxygens (including phenoxy) is 1. The number of nitrogens with zero attached hydrogens (tertiary/aromatic N) is 3. The predicted octanol–water partition coefficient (Wildman–Crippen LogP) is 7.44. The summed E-state index contributed by atoms with van der Waals surface area (Å²) in [4.78, 5) is 7.81. The zero-order valence-corrected chi connectivity index (χ0v) is 21.3. The van der Waals surface area contributed by atoms with Gasteiger partial charge in [-0.2, -0.15) is 0 Å². The van der Waals surface area contributed by atoms with Crippen LogP contribution in [0.1, 0.15) is 44.4 Å². The van der Waals surface area contributed by atoms with E-state index in [2.05, 4.69) is 102 Å². The third kappa shape index (κ3) is 6.20. The first-order chi connectivity index (χ1) is 17.2. The Morgan fingerprint density at radius 3 is 2.17 bits per heavy atom. The molecule has 0 aliphatic rings. The van der Waals surface area contributed by atoms with Crippen LogP contribution in [0.2, 0.25) is 0 Å². The average Bonchev–Trinajstić information content (AvgIpc) is 3.26. The van der Waals surface area contributed by atoms with Crippen molar-refractivity contribution >= 4 is 0 Å². The van der Waals surface area contributed by atoms with Crippen molar-refractivity contribution in [2.24, 2.45) is 0 Å². The summed E-state index contributed by atoms with van der Waals surface area (Å²) in [6, 6.07) is 29.6. The van der Waals surface area contributed by atoms with E-state index < -0.39 is 0 Å². The van der Waals surface area contributed by atoms with Gasteiger partial charge in [0.2, 0.25) is 0 Å². The fourth-order valence-electron chi connectivity index (χ4n) is 4.58. The smallest absolute Gasteiger partial charge is 0.140 e. The lowest BCUT2D eigenvalue weighted by Crippen LogP contribution is -2.26. The second kappa shape index (κ2) is 12.4. The lowest BCUT2D eigenvalue weighted by Gasteiger charge is -2.24. The summed E-state index contributed by atoms with van der Waals surface area (Å²) in [6.07, 6.45) is 3.39. The number of hydrogen-bond donors (Lipinski definition) is 0. The van der Waals surface area contributed by atoms with Crippen LogP contribution in [-0.2, 0) is 19.6 Å². The Balaban J connectivity index is 1.77. The van der Waals surface area contributed by atoms with Crippen molar-refractivity contribution in [3.8, 4) is 28.4 Å². The summed E-state index contributed by atoms with van der Waals surface area (Å²) >= 11 is 0. The Kier molecular flexibility index (Phi) is 8.74. The summed E-state index contributed by atoms with van der Waals surface area (Å²) in [6.45, 7) is 8.21. The molecule has 0 saturated carbocycles. The van der Waals surface area contributed by atoms with Crippen molar-refractivity contribution < 1.29 is 4.74 Å². The molecular formula is C31H37N3O. The SMILES string of the molecule is CCCCN(Cc1cccc(OC)c1)Cc1c(-c2ccccc2)nc(-c2ccccc2)n1CCC. The van der Waals surface area contributed by atoms with Gasteiger partial charge in [-0.1, -0.05) is 93.1 Å². The topological polar surface area (TPSA) is 30.3 Å². The first kappa shape index (κ1) is 24.7. The van der Waals surface area contributed by atoms with Crippen LogP contribution >= 0.6 is 0 Å². The maximum atomic E-state index is 5.48. The summed E-state index contributed by atoms with van der Waals surface area (Å²) in [5.74, 6) is 1.96. The van der Waals surface area contributed by atoms with Gasteiger partial charge < -0.3 is 9.30 Å². The van der Waals surface area contributed by atoms with Crippen molar-refractivity contribution in [2.45, 2.75) is 52.7 Å². The molecule has 4 nitrogen and oxygen atoms in total. The maximum Gasteiger partial charge on any atom is 0.140 e. The molecule has 0 N–H and O–H groups in total. The number of methoxy groups -OCH3 is 1. The normalized spacial score (nSPS) is 11.2. The van der Waals surface area contributed by atoms with Crippen molar-refractivity contribution in [3.05, 3.63) is 96.2 Å². The highest BCUT2D eigenvalue weighted by atomic mass is 16.5. The molecule has 1 aromatic heterocycles. The van der Waals surface area contributed by atoms with Crippen molar-refractivity contribution in [1.29, 1.82) is 0 Å². The number of benzene rings is 3. The van der Waals surface area contributed by atoms with Gasteiger partial charge in [0, 0.05) is 30.8 Å². The largest absolute Gasteiger partial charge is 0.497 e. The van der Waals surface area contributed by atoms with Crippen LogP contribution in [0.5, 0.6) is 5.75 Å². The van der Waals surface area contributed by atoms with Crippen LogP contribution in [0.15, 0.2) is 84.9 Å². The highest BCUT2D eigenvalue weighted by Crippen LogP contribution is 2.31. The van der Waals surface area contributed by atoms with Crippen LogP contribution in [0.4, 0.5) is 0 Å². The lowest BCUT2D eigenvalue weighted by molar-refractivity contribution is 0.246. The van der Waals surface area contributed by atoms with Crippen LogP contribution < -0.4 is 4.74 Å². The molecule has 0 atom stereocenters. The lowest BCUT2D eigenvalue weighted by atomic mass is 10.1. The predicted molar refractivity (Wildman–Crippen MR) is 145 cm³/mol. The third-order valence-corrected chi connectivity index (χ3v) is 6.34. The minimum atomic E-state index is 0.848. The summed E-state index contributed by atoms with van der Waals surface area (Å²) < 4.78 is 7.93. The number of rotatable bonds is 12. The van der Waals surface area contributed by atoms with E-state index in [1.165, 1.54) is 23.2 Å². The Hall–Kier alpha value is -3.37. The monoisotopic (exact) mass is 467 g/mol. The number of imidazole rings is 1. The van der Waals surface area contributed by atoms with Crippen LogP contribution in [-0.4, -0.2) is 28.1 Å². The minimum absolute atomic E-state index is 0.848. The van der Waals surface area contributed by atoms with Gasteiger partial charge in [0.1, 0.15) is 11.6 Å². The molecule has 0 aliphatic heterocycles. The standard InChI is InChI=1S/C31H37N3O/c1-4-6-21-33(23-25-14-13-19-28(22-25)35-3)24-29-30(26-15-9-7-10-16-26)32-31(34(29)20-5-2)27-17-11-8-12-18-27/h7-19,22H,4-6,20-21,23-24H2,1-3H3. The first-order valence-electron chi connectivity index (χ1n) is 12.8. The summed E-state index contributed by atoms with van der Waals surface area (Å²) in [5, 5.41) is 0. The van der Waals surface area contributed by atoms with E-state index in [1.807, 2.05) is 6.07 Å². The van der Waals surface area contributed by atoms with E-state index in [-0.39, 0.29) is 0 Å². The third-order valence-electron chi connectivity index (χ3n) is 6.34. The van der Waals surface area contributed by atoms with Crippen LogP contribution in [0.25, 0.3) is 22.6 Å². The number of hydrogen-bond acceptors (Lipinski definition) is 3. The van der Waals surface area contributed by atoms with E-state index in [4.69, 9.17) is 9.72 Å². The second-order valence-electron chi connectivity index (χ2n) is 9.03. The molecule has 0 amide bonds. The fourth-order valence-corrected chi connectivity index (χ4v) is 4.58. The van der Waals surface area contributed by atoms with Gasteiger partial charge in [0.05, 0.1) is 18.5 Å². The number of unbranched alkanes of at least 4 members (excludes halogenated alkanes) is 1. The summed E-state index contributed by atoms with van der Waals surface area (Å²) in [7, 11) is 1.73. The van der Waals surface area contributed by atoms with E-state index in [0.717, 1.165) is 61.9 Å². The van der Waals surface area contributed by atoms with E-state index in [1.54, 1.807) is 7.11 Å². The molecule has 0 unspecified atom stereocenters. The molecule has 4 aromatic rings. The van der Waals surface area contributed by atoms with Crippen molar-refractivity contribution in [3.63, 3.8) is 0 Å². The maximum absolute atomic E-state index is 5.48. The van der Waals surface area contributed by atoms with Gasteiger partial charge in [0.15, 0.2) is 0 Å². The molecule has 3 aromatic carbocycles. The molecule has 4 heteroatoms. The van der Waals surface area contributed by atoms with Crippen LogP contribution in [0, 0.1) is 0 Å². The molecule has 0 bridgehead atoms. The average molecular weight is 468 g/mol. The summed E-state index contributed by atoms with van der Waals surface area (Å²) in [5.41, 5.74) is 5.98. The second-order valence-corrected chi connectivity index (χ2v) is 9.03. The van der Waals surface area contributed by atoms with Crippen LogP contribution in [0.3, 0.4) is 0 Å². The number of aromatic nitrogens is 2. The Labute approximate surface area is 210 Å². The molecular weight excluding hydrogens is 430 g/mol. The van der Waals surface area contributed by atoms with E-state index in [9.17, 15) is 0 Å². The highest BCUT2D eigenvalue weighted by Gasteiger charge is 2.21. The molecule has 4 rings (SSSR count). The molecule has 0 spiro atoms. The Bertz CT molecular complexity index is 1180. The molecule has 1 heterocycles. The van der Waals surface area contributed by atoms with Gasteiger partial charge in [-0.05, 0) is 37.1 Å². The zero-order chi connectivity index (χ0) is 24.5. The first-order valence-corrected chi connectivity index (χ1v) is 12.8. The van der Waals surface area contributed by atoms with Gasteiger partial charge >= 0.3 is 0 Å². The van der Waals surface area contributed by atoms with E-state index in [0.29, 0.717) is 0 Å². The highest BCUT2D eigenvalue weighted by molar-refractivity contribution is 5.68. The van der Waals surface area contributed by atoms with Gasteiger partial charge in [-0.15, -0.1) is 0 Å². The zero-order valence-electron chi connectivity index (χ0n) is 21.3. The molecule has 0 radical (unpaired) electrons.